The Hall–Kier alpha value is -0.460. The van der Waals surface area contributed by atoms with Gasteiger partial charge in [0, 0.05) is 6.61 Å². The molecule has 172 valence electrons. The van der Waals surface area contributed by atoms with Crippen molar-refractivity contribution in [3.8, 4) is 0 Å². The van der Waals surface area contributed by atoms with Gasteiger partial charge in [0.2, 0.25) is 0 Å². The molecule has 5 nitrogen and oxygen atoms in total. The third-order valence-corrected chi connectivity index (χ3v) is 5.66. The van der Waals surface area contributed by atoms with Crippen LogP contribution in [0.5, 0.6) is 0 Å². The Balaban J connectivity index is 1.80. The zero-order valence-corrected chi connectivity index (χ0v) is 18.6. The standard InChI is InChI=1S/C24H46O5/c1-2-3-4-5-6-7-8-9-10-11-12-13-14-15-16-17-18-28-19-22(26)24-23(27)21(25)20-29-24/h14-15,21-27H,2-13,16-20H2,1H3/b15-14+/t21-,22+,23+,24+/m1/s1. The predicted octanol–water partition coefficient (Wildman–Crippen LogP) is 4.52. The lowest BCUT2D eigenvalue weighted by molar-refractivity contribution is -0.0811. The summed E-state index contributed by atoms with van der Waals surface area (Å²) in [5.41, 5.74) is 0. The molecule has 0 aliphatic carbocycles. The summed E-state index contributed by atoms with van der Waals surface area (Å²) in [7, 11) is 0. The highest BCUT2D eigenvalue weighted by atomic mass is 16.5. The van der Waals surface area contributed by atoms with Crippen molar-refractivity contribution in [3.63, 3.8) is 0 Å². The van der Waals surface area contributed by atoms with Gasteiger partial charge in [0.25, 0.3) is 0 Å². The van der Waals surface area contributed by atoms with Gasteiger partial charge in [-0.15, -0.1) is 0 Å². The van der Waals surface area contributed by atoms with E-state index in [-0.39, 0.29) is 13.2 Å². The summed E-state index contributed by atoms with van der Waals surface area (Å²) in [5, 5.41) is 29.0. The van der Waals surface area contributed by atoms with E-state index >= 15 is 0 Å². The second-order valence-electron chi connectivity index (χ2n) is 8.44. The number of ether oxygens (including phenoxy) is 2. The molecule has 1 aliphatic heterocycles. The fourth-order valence-corrected chi connectivity index (χ4v) is 3.73. The fourth-order valence-electron chi connectivity index (χ4n) is 3.73. The number of rotatable bonds is 19. The van der Waals surface area contributed by atoms with Crippen molar-refractivity contribution in [3.05, 3.63) is 12.2 Å². The van der Waals surface area contributed by atoms with Gasteiger partial charge in [-0.25, -0.2) is 0 Å². The number of unbranched alkanes of at least 4 members (excludes halogenated alkanes) is 12. The summed E-state index contributed by atoms with van der Waals surface area (Å²) in [6.45, 7) is 3.03. The SMILES string of the molecule is CCCCCCCCCCCCC/C=C/CCCOC[C@H](O)[C@@H]1OC[C@@H](O)[C@@H]1O. The van der Waals surface area contributed by atoms with Crippen LogP contribution in [-0.2, 0) is 9.47 Å². The maximum Gasteiger partial charge on any atom is 0.114 e. The Morgan fingerprint density at radius 2 is 1.41 bits per heavy atom. The Kier molecular flexibility index (Phi) is 16.8. The highest BCUT2D eigenvalue weighted by Gasteiger charge is 2.39. The van der Waals surface area contributed by atoms with Gasteiger partial charge in [0.15, 0.2) is 0 Å². The molecule has 1 rings (SSSR count). The van der Waals surface area contributed by atoms with Crippen LogP contribution in [0, 0.1) is 0 Å². The van der Waals surface area contributed by atoms with E-state index in [4.69, 9.17) is 9.47 Å². The van der Waals surface area contributed by atoms with Crippen LogP contribution in [0.4, 0.5) is 0 Å². The number of allylic oxidation sites excluding steroid dienone is 2. The molecule has 0 unspecified atom stereocenters. The maximum atomic E-state index is 9.94. The molecule has 0 aromatic rings. The van der Waals surface area contributed by atoms with E-state index in [0.717, 1.165) is 19.3 Å². The average Bonchev–Trinajstić information content (AvgIpc) is 3.05. The molecule has 0 saturated carbocycles. The number of aliphatic hydroxyl groups excluding tert-OH is 3. The molecule has 1 heterocycles. The molecule has 0 amide bonds. The summed E-state index contributed by atoms with van der Waals surface area (Å²) < 4.78 is 10.6. The molecule has 3 N–H and O–H groups in total. The van der Waals surface area contributed by atoms with Crippen LogP contribution in [0.15, 0.2) is 12.2 Å². The van der Waals surface area contributed by atoms with Crippen LogP contribution >= 0.6 is 0 Å². The van der Waals surface area contributed by atoms with Crippen molar-refractivity contribution in [2.24, 2.45) is 0 Å². The van der Waals surface area contributed by atoms with Crippen molar-refractivity contribution in [1.82, 2.24) is 0 Å². The highest BCUT2D eigenvalue weighted by molar-refractivity contribution is 4.87. The van der Waals surface area contributed by atoms with Crippen molar-refractivity contribution in [2.45, 2.75) is 121 Å². The van der Waals surface area contributed by atoms with Crippen molar-refractivity contribution in [1.29, 1.82) is 0 Å². The van der Waals surface area contributed by atoms with Crippen molar-refractivity contribution >= 4 is 0 Å². The molecular formula is C24H46O5. The van der Waals surface area contributed by atoms with E-state index in [1.807, 2.05) is 0 Å². The minimum atomic E-state index is -1.04. The molecule has 0 aromatic carbocycles. The van der Waals surface area contributed by atoms with Crippen LogP contribution < -0.4 is 0 Å². The summed E-state index contributed by atoms with van der Waals surface area (Å²) in [6, 6.07) is 0. The van der Waals surface area contributed by atoms with Crippen LogP contribution in [-0.4, -0.2) is 59.6 Å². The van der Waals surface area contributed by atoms with E-state index in [1.54, 1.807) is 0 Å². The first-order chi connectivity index (χ1) is 14.2. The number of hydrogen-bond acceptors (Lipinski definition) is 5. The van der Waals surface area contributed by atoms with E-state index < -0.39 is 24.4 Å². The predicted molar refractivity (Wildman–Crippen MR) is 118 cm³/mol. The first-order valence-corrected chi connectivity index (χ1v) is 12.0. The van der Waals surface area contributed by atoms with Gasteiger partial charge in [0.05, 0.1) is 13.2 Å². The van der Waals surface area contributed by atoms with Gasteiger partial charge < -0.3 is 24.8 Å². The molecule has 0 radical (unpaired) electrons. The zero-order chi connectivity index (χ0) is 21.2. The normalized spacial score (nSPS) is 23.2. The molecule has 1 saturated heterocycles. The fraction of sp³-hybridized carbons (Fsp3) is 0.917. The van der Waals surface area contributed by atoms with Gasteiger partial charge in [-0.3, -0.25) is 0 Å². The Labute approximate surface area is 178 Å². The molecule has 4 atom stereocenters. The second-order valence-corrected chi connectivity index (χ2v) is 8.44. The molecular weight excluding hydrogens is 368 g/mol. The van der Waals surface area contributed by atoms with Gasteiger partial charge in [-0.2, -0.15) is 0 Å². The Bertz CT molecular complexity index is 387. The number of hydrogen-bond donors (Lipinski definition) is 3. The van der Waals surface area contributed by atoms with Gasteiger partial charge >= 0.3 is 0 Å². The maximum absolute atomic E-state index is 9.94. The lowest BCUT2D eigenvalue weighted by atomic mass is 10.1. The van der Waals surface area contributed by atoms with Crippen LogP contribution in [0.25, 0.3) is 0 Å². The summed E-state index contributed by atoms with van der Waals surface area (Å²) in [4.78, 5) is 0. The molecule has 5 heteroatoms. The van der Waals surface area contributed by atoms with Crippen molar-refractivity contribution in [2.75, 3.05) is 19.8 Å². The monoisotopic (exact) mass is 414 g/mol. The number of aliphatic hydroxyl groups is 3. The summed E-state index contributed by atoms with van der Waals surface area (Å²) in [5.74, 6) is 0. The average molecular weight is 415 g/mol. The van der Waals surface area contributed by atoms with Crippen LogP contribution in [0.3, 0.4) is 0 Å². The topological polar surface area (TPSA) is 79.2 Å². The van der Waals surface area contributed by atoms with Crippen LogP contribution in [0.1, 0.15) is 96.8 Å². The van der Waals surface area contributed by atoms with E-state index in [9.17, 15) is 15.3 Å². The van der Waals surface area contributed by atoms with E-state index in [0.29, 0.717) is 6.61 Å². The largest absolute Gasteiger partial charge is 0.388 e. The third kappa shape index (κ3) is 13.5. The Morgan fingerprint density at radius 3 is 1.97 bits per heavy atom. The lowest BCUT2D eigenvalue weighted by Gasteiger charge is -2.20. The smallest absolute Gasteiger partial charge is 0.114 e. The van der Waals surface area contributed by atoms with Crippen molar-refractivity contribution < 1.29 is 24.8 Å². The van der Waals surface area contributed by atoms with E-state index in [1.165, 1.54) is 70.6 Å². The molecule has 29 heavy (non-hydrogen) atoms. The van der Waals surface area contributed by atoms with Gasteiger partial charge in [0.1, 0.15) is 24.4 Å². The zero-order valence-electron chi connectivity index (χ0n) is 18.6. The molecule has 0 bridgehead atoms. The summed E-state index contributed by atoms with van der Waals surface area (Å²) in [6.07, 6.45) is 19.1. The third-order valence-electron chi connectivity index (χ3n) is 5.66. The quantitative estimate of drug-likeness (QED) is 0.214. The van der Waals surface area contributed by atoms with Gasteiger partial charge in [-0.1, -0.05) is 83.3 Å². The molecule has 1 fully saturated rings. The highest BCUT2D eigenvalue weighted by Crippen LogP contribution is 2.18. The first-order valence-electron chi connectivity index (χ1n) is 12.0. The van der Waals surface area contributed by atoms with E-state index in [2.05, 4.69) is 19.1 Å². The first kappa shape index (κ1) is 26.6. The molecule has 0 aromatic heterocycles. The van der Waals surface area contributed by atoms with Crippen LogP contribution in [0.2, 0.25) is 0 Å². The lowest BCUT2D eigenvalue weighted by Crippen LogP contribution is -2.40. The summed E-state index contributed by atoms with van der Waals surface area (Å²) >= 11 is 0. The second kappa shape index (κ2) is 18.3. The molecule has 0 spiro atoms. The minimum Gasteiger partial charge on any atom is -0.388 e. The Morgan fingerprint density at radius 1 is 0.862 bits per heavy atom. The molecule has 1 aliphatic rings. The minimum absolute atomic E-state index is 0.0623. The van der Waals surface area contributed by atoms with Gasteiger partial charge in [-0.05, 0) is 25.7 Å².